The van der Waals surface area contributed by atoms with Crippen molar-refractivity contribution >= 4 is 0 Å². The van der Waals surface area contributed by atoms with Gasteiger partial charge in [0.25, 0.3) is 0 Å². The third-order valence-corrected chi connectivity index (χ3v) is 5.89. The molecule has 0 radical (unpaired) electrons. The molecule has 2 aromatic rings. The number of aliphatic hydroxyl groups is 1. The molecule has 2 bridgehead atoms. The Kier molecular flexibility index (Phi) is 4.93. The first-order valence-corrected chi connectivity index (χ1v) is 9.31. The van der Waals surface area contributed by atoms with Crippen LogP contribution in [0.3, 0.4) is 0 Å². The summed E-state index contributed by atoms with van der Waals surface area (Å²) in [5, 5.41) is 11.4. The van der Waals surface area contributed by atoms with E-state index in [9.17, 15) is 13.9 Å². The van der Waals surface area contributed by atoms with Crippen molar-refractivity contribution in [3.8, 4) is 11.9 Å². The second kappa shape index (κ2) is 7.25. The van der Waals surface area contributed by atoms with E-state index in [1.165, 1.54) is 26.4 Å². The van der Waals surface area contributed by atoms with Gasteiger partial charge in [0.2, 0.25) is 5.88 Å². The second-order valence-electron chi connectivity index (χ2n) is 7.51. The molecule has 0 amide bonds. The first-order chi connectivity index (χ1) is 13.4. The highest BCUT2D eigenvalue weighted by Crippen LogP contribution is 2.48. The number of hydrogen-bond donors (Lipinski definition) is 1. The fraction of sp³-hybridized carbons (Fsp3) is 0.500. The van der Waals surface area contributed by atoms with E-state index in [2.05, 4.69) is 14.9 Å². The highest BCUT2D eigenvalue weighted by molar-refractivity contribution is 5.33. The Morgan fingerprint density at radius 2 is 1.89 bits per heavy atom. The van der Waals surface area contributed by atoms with E-state index in [0.29, 0.717) is 36.4 Å². The first-order valence-electron chi connectivity index (χ1n) is 9.31. The van der Waals surface area contributed by atoms with Gasteiger partial charge in [-0.1, -0.05) is 6.07 Å². The van der Waals surface area contributed by atoms with E-state index in [1.807, 2.05) is 0 Å². The van der Waals surface area contributed by atoms with Crippen molar-refractivity contribution in [2.24, 2.45) is 0 Å². The largest absolute Gasteiger partial charge is 0.481 e. The average molecular weight is 391 g/mol. The van der Waals surface area contributed by atoms with E-state index in [1.54, 1.807) is 6.20 Å². The minimum atomic E-state index is -1.12. The molecule has 4 rings (SSSR count). The SMILES string of the molecule is COc1ncc(C2(O)CC3CCC(C2)N3Cc2ccc(F)cc2F)c(OC)n1. The Hall–Kier alpha value is -2.32. The topological polar surface area (TPSA) is 67.7 Å². The smallest absolute Gasteiger partial charge is 0.319 e. The lowest BCUT2D eigenvalue weighted by molar-refractivity contribution is -0.0614. The van der Waals surface area contributed by atoms with E-state index in [0.717, 1.165) is 18.9 Å². The number of piperidine rings is 1. The Morgan fingerprint density at radius 3 is 2.50 bits per heavy atom. The lowest BCUT2D eigenvalue weighted by Crippen LogP contribution is -2.49. The van der Waals surface area contributed by atoms with Crippen LogP contribution in [0.2, 0.25) is 0 Å². The van der Waals surface area contributed by atoms with Crippen LogP contribution in [-0.4, -0.2) is 46.3 Å². The molecule has 28 heavy (non-hydrogen) atoms. The molecule has 3 heterocycles. The third-order valence-electron chi connectivity index (χ3n) is 5.89. The van der Waals surface area contributed by atoms with Gasteiger partial charge < -0.3 is 14.6 Å². The monoisotopic (exact) mass is 391 g/mol. The molecule has 2 atom stereocenters. The van der Waals surface area contributed by atoms with Crippen molar-refractivity contribution in [3.05, 3.63) is 47.2 Å². The number of rotatable bonds is 5. The minimum absolute atomic E-state index is 0.0833. The Bertz CT molecular complexity index is 866. The molecule has 2 aliphatic heterocycles. The normalized spacial score (nSPS) is 27.0. The van der Waals surface area contributed by atoms with Crippen LogP contribution in [0.4, 0.5) is 8.78 Å². The zero-order chi connectivity index (χ0) is 19.9. The van der Waals surface area contributed by atoms with Gasteiger partial charge in [-0.2, -0.15) is 4.98 Å². The highest BCUT2D eigenvalue weighted by atomic mass is 19.1. The van der Waals surface area contributed by atoms with Crippen molar-refractivity contribution < 1.29 is 23.4 Å². The molecule has 2 unspecified atom stereocenters. The summed E-state index contributed by atoms with van der Waals surface area (Å²) in [4.78, 5) is 10.5. The molecule has 0 spiro atoms. The van der Waals surface area contributed by atoms with Crippen LogP contribution in [0.1, 0.15) is 36.8 Å². The maximum atomic E-state index is 14.1. The summed E-state index contributed by atoms with van der Waals surface area (Å²) in [6.45, 7) is 0.397. The van der Waals surface area contributed by atoms with Crippen LogP contribution in [0.25, 0.3) is 0 Å². The molecule has 2 fully saturated rings. The van der Waals surface area contributed by atoms with Gasteiger partial charge in [0, 0.05) is 36.5 Å². The van der Waals surface area contributed by atoms with Crippen LogP contribution in [0, 0.1) is 11.6 Å². The maximum absolute atomic E-state index is 14.1. The van der Waals surface area contributed by atoms with Crippen LogP contribution in [-0.2, 0) is 12.1 Å². The van der Waals surface area contributed by atoms with Crippen molar-refractivity contribution in [2.75, 3.05) is 14.2 Å². The lowest BCUT2D eigenvalue weighted by Gasteiger charge is -2.44. The Labute approximate surface area is 162 Å². The molecule has 1 aromatic heterocycles. The summed E-state index contributed by atoms with van der Waals surface area (Å²) in [5.41, 5.74) is -0.115. The fourth-order valence-corrected chi connectivity index (χ4v) is 4.56. The Balaban J connectivity index is 1.58. The predicted molar refractivity (Wildman–Crippen MR) is 97.0 cm³/mol. The van der Waals surface area contributed by atoms with Gasteiger partial charge in [0.05, 0.1) is 25.4 Å². The van der Waals surface area contributed by atoms with Gasteiger partial charge in [-0.15, -0.1) is 0 Å². The van der Waals surface area contributed by atoms with E-state index < -0.39 is 17.2 Å². The van der Waals surface area contributed by atoms with Crippen LogP contribution in [0.15, 0.2) is 24.4 Å². The average Bonchev–Trinajstić information content (AvgIpc) is 2.93. The molecule has 0 saturated carbocycles. The Morgan fingerprint density at radius 1 is 1.18 bits per heavy atom. The zero-order valence-corrected chi connectivity index (χ0v) is 15.9. The van der Waals surface area contributed by atoms with E-state index in [-0.39, 0.29) is 18.1 Å². The lowest BCUT2D eigenvalue weighted by atomic mass is 9.81. The summed E-state index contributed by atoms with van der Waals surface area (Å²) in [5.74, 6) is -0.818. The number of benzene rings is 1. The van der Waals surface area contributed by atoms with Crippen molar-refractivity contribution in [2.45, 2.75) is 49.9 Å². The number of aromatic nitrogens is 2. The number of methoxy groups -OCH3 is 2. The number of fused-ring (bicyclic) bond motifs is 2. The van der Waals surface area contributed by atoms with Crippen LogP contribution < -0.4 is 9.47 Å². The first kappa shape index (κ1) is 19.0. The standard InChI is InChI=1S/C20H23F2N3O3/c1-27-18-16(10-23-19(24-18)28-2)20(26)8-14-5-6-15(9-20)25(14)11-12-3-4-13(21)7-17(12)22/h3-4,7,10,14-15,26H,5-6,8-9,11H2,1-2H3. The molecule has 2 saturated heterocycles. The van der Waals surface area contributed by atoms with Gasteiger partial charge in [-0.25, -0.2) is 13.8 Å². The summed E-state index contributed by atoms with van der Waals surface area (Å²) < 4.78 is 37.7. The number of nitrogens with zero attached hydrogens (tertiary/aromatic N) is 3. The summed E-state index contributed by atoms with van der Waals surface area (Å²) in [6.07, 6.45) is 4.32. The summed E-state index contributed by atoms with van der Waals surface area (Å²) in [6, 6.07) is 4.03. The van der Waals surface area contributed by atoms with E-state index in [4.69, 9.17) is 9.47 Å². The third kappa shape index (κ3) is 3.31. The molecule has 1 aromatic carbocycles. The number of halogens is 2. The number of hydrogen-bond acceptors (Lipinski definition) is 6. The molecule has 6 nitrogen and oxygen atoms in total. The second-order valence-corrected chi connectivity index (χ2v) is 7.51. The maximum Gasteiger partial charge on any atom is 0.319 e. The molecular formula is C20H23F2N3O3. The highest BCUT2D eigenvalue weighted by Gasteiger charge is 2.49. The van der Waals surface area contributed by atoms with Gasteiger partial charge in [0.15, 0.2) is 0 Å². The zero-order valence-electron chi connectivity index (χ0n) is 15.9. The molecular weight excluding hydrogens is 368 g/mol. The van der Waals surface area contributed by atoms with Gasteiger partial charge in [-0.05, 0) is 31.7 Å². The predicted octanol–water partition coefficient (Wildman–Crippen LogP) is 2.79. The molecule has 0 aliphatic carbocycles. The van der Waals surface area contributed by atoms with Crippen molar-refractivity contribution in [1.29, 1.82) is 0 Å². The summed E-state index contributed by atoms with van der Waals surface area (Å²) in [7, 11) is 2.96. The molecule has 8 heteroatoms. The van der Waals surface area contributed by atoms with Gasteiger partial charge >= 0.3 is 6.01 Å². The van der Waals surface area contributed by atoms with Crippen molar-refractivity contribution in [3.63, 3.8) is 0 Å². The quantitative estimate of drug-likeness (QED) is 0.846. The minimum Gasteiger partial charge on any atom is -0.481 e. The molecule has 1 N–H and O–H groups in total. The fourth-order valence-electron chi connectivity index (χ4n) is 4.56. The van der Waals surface area contributed by atoms with Gasteiger partial charge in [0.1, 0.15) is 11.6 Å². The molecule has 2 aliphatic rings. The van der Waals surface area contributed by atoms with Crippen molar-refractivity contribution in [1.82, 2.24) is 14.9 Å². The van der Waals surface area contributed by atoms with E-state index >= 15 is 0 Å². The number of ether oxygens (including phenoxy) is 2. The van der Waals surface area contributed by atoms with Gasteiger partial charge in [-0.3, -0.25) is 4.90 Å². The van der Waals surface area contributed by atoms with Crippen LogP contribution >= 0.6 is 0 Å². The summed E-state index contributed by atoms with van der Waals surface area (Å²) >= 11 is 0. The van der Waals surface area contributed by atoms with Crippen LogP contribution in [0.5, 0.6) is 11.9 Å². The molecule has 150 valence electrons.